The lowest BCUT2D eigenvalue weighted by molar-refractivity contribution is 0.161. The van der Waals surface area contributed by atoms with Gasteiger partial charge in [0.25, 0.3) is 0 Å². The SMILES string of the molecule is Fc1ccc(N2CC[C@H](CN3CCC(c4c[nH]c5ccccc45)(c4c[nH]c5ccccc45)CC3)C2)cc1. The zero-order chi connectivity index (χ0) is 24.8. The summed E-state index contributed by atoms with van der Waals surface area (Å²) >= 11 is 0. The largest absolute Gasteiger partial charge is 0.371 e. The standard InChI is InChI=1S/C32H33FN4/c33-24-9-11-25(12-10-24)37-16-13-23(22-37)21-36-17-14-32(15-18-36,28-19-34-30-7-3-1-5-26(28)30)29-20-35-31-8-4-2-6-27(29)31/h1-12,19-20,23,34-35H,13-18,21-22H2/t23-/m1/s1. The fourth-order valence-electron chi connectivity index (χ4n) is 6.97. The zero-order valence-corrected chi connectivity index (χ0v) is 21.1. The van der Waals surface area contributed by atoms with Crippen molar-refractivity contribution in [2.24, 2.45) is 5.92 Å². The molecule has 1 atom stereocenters. The van der Waals surface area contributed by atoms with Crippen molar-refractivity contribution in [2.75, 3.05) is 37.6 Å². The minimum atomic E-state index is -0.165. The Morgan fingerprint density at radius 3 is 1.97 bits per heavy atom. The quantitative estimate of drug-likeness (QED) is 0.287. The fraction of sp³-hybridized carbons (Fsp3) is 0.312. The molecule has 0 amide bonds. The first-order chi connectivity index (χ1) is 18.2. The number of benzene rings is 3. The summed E-state index contributed by atoms with van der Waals surface area (Å²) in [6.45, 7) is 5.42. The molecule has 0 unspecified atom stereocenters. The lowest BCUT2D eigenvalue weighted by atomic mass is 9.67. The first-order valence-electron chi connectivity index (χ1n) is 13.6. The number of fused-ring (bicyclic) bond motifs is 2. The summed E-state index contributed by atoms with van der Waals surface area (Å²) in [6.07, 6.45) is 7.93. The number of nitrogens with zero attached hydrogens (tertiary/aromatic N) is 2. The van der Waals surface area contributed by atoms with Gasteiger partial charge >= 0.3 is 0 Å². The van der Waals surface area contributed by atoms with E-state index in [2.05, 4.69) is 80.7 Å². The van der Waals surface area contributed by atoms with Crippen molar-refractivity contribution >= 4 is 27.5 Å². The van der Waals surface area contributed by atoms with E-state index in [9.17, 15) is 4.39 Å². The maximum atomic E-state index is 13.4. The van der Waals surface area contributed by atoms with E-state index in [1.54, 1.807) is 12.1 Å². The van der Waals surface area contributed by atoms with E-state index < -0.39 is 0 Å². The maximum Gasteiger partial charge on any atom is 0.123 e. The second-order valence-corrected chi connectivity index (χ2v) is 11.0. The predicted molar refractivity (Wildman–Crippen MR) is 150 cm³/mol. The molecule has 2 aliphatic rings. The molecule has 7 rings (SSSR count). The van der Waals surface area contributed by atoms with Crippen LogP contribution in [-0.2, 0) is 5.41 Å². The predicted octanol–water partition coefficient (Wildman–Crippen LogP) is 6.70. The van der Waals surface area contributed by atoms with Crippen molar-refractivity contribution < 1.29 is 4.39 Å². The zero-order valence-electron chi connectivity index (χ0n) is 21.1. The van der Waals surface area contributed by atoms with E-state index in [1.807, 2.05) is 12.1 Å². The molecule has 4 nitrogen and oxygen atoms in total. The third-order valence-electron chi connectivity index (χ3n) is 8.91. The van der Waals surface area contributed by atoms with Crippen LogP contribution in [0.3, 0.4) is 0 Å². The molecule has 0 radical (unpaired) electrons. The van der Waals surface area contributed by atoms with Crippen LogP contribution in [0.5, 0.6) is 0 Å². The first kappa shape index (κ1) is 22.6. The van der Waals surface area contributed by atoms with Crippen molar-refractivity contribution in [1.29, 1.82) is 0 Å². The third-order valence-corrected chi connectivity index (χ3v) is 8.91. The lowest BCUT2D eigenvalue weighted by Gasteiger charge is -2.43. The summed E-state index contributed by atoms with van der Waals surface area (Å²) in [5, 5.41) is 2.68. The Morgan fingerprint density at radius 1 is 0.757 bits per heavy atom. The molecule has 5 heteroatoms. The highest BCUT2D eigenvalue weighted by Crippen LogP contribution is 2.47. The van der Waals surface area contributed by atoms with Crippen LogP contribution in [0.25, 0.3) is 21.8 Å². The van der Waals surface area contributed by atoms with E-state index in [0.29, 0.717) is 5.92 Å². The number of aromatic amines is 2. The van der Waals surface area contributed by atoms with Crippen molar-refractivity contribution in [2.45, 2.75) is 24.7 Å². The van der Waals surface area contributed by atoms with Crippen LogP contribution in [0, 0.1) is 11.7 Å². The van der Waals surface area contributed by atoms with Gasteiger partial charge in [0.1, 0.15) is 5.82 Å². The van der Waals surface area contributed by atoms with E-state index in [4.69, 9.17) is 0 Å². The minimum absolute atomic E-state index is 0.0223. The highest BCUT2D eigenvalue weighted by Gasteiger charge is 2.41. The third kappa shape index (κ3) is 3.93. The summed E-state index contributed by atoms with van der Waals surface area (Å²) in [6, 6.07) is 24.4. The molecule has 2 aromatic heterocycles. The summed E-state index contributed by atoms with van der Waals surface area (Å²) in [5.74, 6) is 0.487. The van der Waals surface area contributed by atoms with Crippen molar-refractivity contribution in [3.8, 4) is 0 Å². The number of piperidine rings is 1. The number of anilines is 1. The average Bonchev–Trinajstić information content (AvgIpc) is 3.69. The number of halogens is 1. The molecule has 2 N–H and O–H groups in total. The van der Waals surface area contributed by atoms with Gasteiger partial charge in [0.2, 0.25) is 0 Å². The second kappa shape index (κ2) is 9.07. The molecule has 2 aliphatic heterocycles. The van der Waals surface area contributed by atoms with E-state index in [1.165, 1.54) is 39.4 Å². The molecule has 37 heavy (non-hydrogen) atoms. The molecule has 0 saturated carbocycles. The molecular formula is C32H33FN4. The molecule has 188 valence electrons. The second-order valence-electron chi connectivity index (χ2n) is 11.0. The Labute approximate surface area is 217 Å². The Morgan fingerprint density at radius 2 is 1.35 bits per heavy atom. The molecule has 5 aromatic rings. The normalized spacial score (nSPS) is 20.2. The number of likely N-dealkylation sites (tertiary alicyclic amines) is 1. The van der Waals surface area contributed by atoms with Gasteiger partial charge in [0, 0.05) is 64.9 Å². The summed E-state index contributed by atoms with van der Waals surface area (Å²) < 4.78 is 13.4. The lowest BCUT2D eigenvalue weighted by Crippen LogP contribution is -2.45. The number of para-hydroxylation sites is 2. The smallest absolute Gasteiger partial charge is 0.123 e. The summed E-state index contributed by atoms with van der Waals surface area (Å²) in [7, 11) is 0. The van der Waals surface area contributed by atoms with Crippen LogP contribution in [0.2, 0.25) is 0 Å². The van der Waals surface area contributed by atoms with Gasteiger partial charge in [0.15, 0.2) is 0 Å². The molecule has 0 aliphatic carbocycles. The van der Waals surface area contributed by atoms with Gasteiger partial charge in [-0.3, -0.25) is 0 Å². The number of H-pyrrole nitrogens is 2. The van der Waals surface area contributed by atoms with Crippen molar-refractivity contribution in [3.05, 3.63) is 102 Å². The van der Waals surface area contributed by atoms with E-state index >= 15 is 0 Å². The van der Waals surface area contributed by atoms with Gasteiger partial charge in [-0.15, -0.1) is 0 Å². The first-order valence-corrected chi connectivity index (χ1v) is 13.6. The molecule has 2 fully saturated rings. The van der Waals surface area contributed by atoms with Crippen LogP contribution in [0.1, 0.15) is 30.4 Å². The monoisotopic (exact) mass is 492 g/mol. The van der Waals surface area contributed by atoms with E-state index in [-0.39, 0.29) is 11.2 Å². The summed E-state index contributed by atoms with van der Waals surface area (Å²) in [4.78, 5) is 12.2. The topological polar surface area (TPSA) is 38.1 Å². The Bertz CT molecular complexity index is 1450. The van der Waals surface area contributed by atoms with Crippen LogP contribution in [0.4, 0.5) is 10.1 Å². The molecule has 0 spiro atoms. The molecule has 0 bridgehead atoms. The molecular weight excluding hydrogens is 459 g/mol. The number of hydrogen-bond donors (Lipinski definition) is 2. The number of rotatable bonds is 5. The van der Waals surface area contributed by atoms with Crippen LogP contribution >= 0.6 is 0 Å². The van der Waals surface area contributed by atoms with Crippen LogP contribution < -0.4 is 4.90 Å². The maximum absolute atomic E-state index is 13.4. The van der Waals surface area contributed by atoms with Gasteiger partial charge in [-0.1, -0.05) is 36.4 Å². The summed E-state index contributed by atoms with van der Waals surface area (Å²) in [5.41, 5.74) is 6.40. The minimum Gasteiger partial charge on any atom is -0.371 e. The van der Waals surface area contributed by atoms with E-state index in [0.717, 1.165) is 51.3 Å². The molecule has 3 aromatic carbocycles. The van der Waals surface area contributed by atoms with Crippen LogP contribution in [-0.4, -0.2) is 47.6 Å². The van der Waals surface area contributed by atoms with Gasteiger partial charge in [-0.05, 0) is 85.8 Å². The Kier molecular flexibility index (Phi) is 5.54. The highest BCUT2D eigenvalue weighted by atomic mass is 19.1. The Balaban J connectivity index is 1.14. The molecule has 2 saturated heterocycles. The number of aromatic nitrogens is 2. The average molecular weight is 493 g/mol. The van der Waals surface area contributed by atoms with Crippen molar-refractivity contribution in [1.82, 2.24) is 14.9 Å². The van der Waals surface area contributed by atoms with Gasteiger partial charge < -0.3 is 19.8 Å². The highest BCUT2D eigenvalue weighted by molar-refractivity contribution is 5.89. The van der Waals surface area contributed by atoms with Gasteiger partial charge in [0.05, 0.1) is 0 Å². The van der Waals surface area contributed by atoms with Gasteiger partial charge in [-0.2, -0.15) is 0 Å². The molecule has 4 heterocycles. The number of hydrogen-bond acceptors (Lipinski definition) is 2. The number of nitrogens with one attached hydrogen (secondary N) is 2. The van der Waals surface area contributed by atoms with Crippen LogP contribution in [0.15, 0.2) is 85.2 Å². The van der Waals surface area contributed by atoms with Gasteiger partial charge in [-0.25, -0.2) is 4.39 Å². The Hall–Kier alpha value is -3.57. The van der Waals surface area contributed by atoms with Crippen molar-refractivity contribution in [3.63, 3.8) is 0 Å². The fourth-order valence-corrected chi connectivity index (χ4v) is 6.97.